The summed E-state index contributed by atoms with van der Waals surface area (Å²) in [6, 6.07) is 0. The third-order valence-corrected chi connectivity index (χ3v) is 22.6. The van der Waals surface area contributed by atoms with Gasteiger partial charge >= 0.3 is 39.5 Å². The van der Waals surface area contributed by atoms with Crippen LogP contribution in [0.3, 0.4) is 0 Å². The van der Waals surface area contributed by atoms with E-state index in [0.717, 1.165) is 114 Å². The van der Waals surface area contributed by atoms with Crippen LogP contribution in [0, 0.1) is 23.7 Å². The smallest absolute Gasteiger partial charge is 0.462 e. The maximum atomic E-state index is 13.1. The molecule has 0 aliphatic rings. The van der Waals surface area contributed by atoms with Gasteiger partial charge in [0.1, 0.15) is 19.3 Å². The fraction of sp³-hybridized carbons (Fsp3) is 0.954. The third kappa shape index (κ3) is 78.7. The lowest BCUT2D eigenvalue weighted by molar-refractivity contribution is -0.161. The summed E-state index contributed by atoms with van der Waals surface area (Å²) in [7, 11) is -9.93. The predicted molar refractivity (Wildman–Crippen MR) is 437 cm³/mol. The summed E-state index contributed by atoms with van der Waals surface area (Å²) in [5.41, 5.74) is 0. The van der Waals surface area contributed by atoms with Gasteiger partial charge in [-0.2, -0.15) is 0 Å². The first-order valence-corrected chi connectivity index (χ1v) is 47.7. The minimum absolute atomic E-state index is 0.107. The average Bonchev–Trinajstić information content (AvgIpc) is 0.899. The highest BCUT2D eigenvalue weighted by molar-refractivity contribution is 7.47. The Kier molecular flexibility index (Phi) is 74.3. The molecule has 19 heteroatoms. The van der Waals surface area contributed by atoms with Crippen LogP contribution in [0.15, 0.2) is 0 Å². The molecule has 630 valence electrons. The molecule has 4 unspecified atom stereocenters. The topological polar surface area (TPSA) is 237 Å². The molecule has 0 aliphatic carbocycles. The number of phosphoric ester groups is 2. The molecule has 0 aromatic rings. The van der Waals surface area contributed by atoms with Crippen LogP contribution in [-0.4, -0.2) is 96.7 Å². The first-order valence-electron chi connectivity index (χ1n) is 44.7. The standard InChI is InChI=1S/C87H170O17P2/c1-9-80(8)66-58-50-42-34-28-22-16-12-10-11-13-17-24-30-36-44-53-61-69-87(92)104-83(74-98-85(90)68-60-52-46-38-41-49-57-65-79(6)7)76-102-106(95,96)100-72-81(88)71-99-105(93,94)101-75-82(103-86(91)70-62-54-45-37-31-25-19-21-27-33-40-48-56-64-78(4)5)73-97-84(89)67-59-51-43-35-29-23-18-14-15-20-26-32-39-47-55-63-77(2)3/h77-83,88H,9-76H2,1-8H3,(H,93,94)(H,95,96)/t80?,81?,82-,83-/m1/s1. The number of carbonyl (C=O) groups excluding carboxylic acids is 4. The van der Waals surface area contributed by atoms with Crippen molar-refractivity contribution in [2.75, 3.05) is 39.6 Å². The van der Waals surface area contributed by atoms with Gasteiger partial charge in [-0.15, -0.1) is 0 Å². The lowest BCUT2D eigenvalue weighted by Crippen LogP contribution is -2.30. The van der Waals surface area contributed by atoms with Gasteiger partial charge in [-0.3, -0.25) is 37.3 Å². The average molecular weight is 1550 g/mol. The van der Waals surface area contributed by atoms with Gasteiger partial charge in [0.25, 0.3) is 0 Å². The lowest BCUT2D eigenvalue weighted by Gasteiger charge is -2.21. The largest absolute Gasteiger partial charge is 0.472 e. The zero-order chi connectivity index (χ0) is 78.1. The molecule has 6 atom stereocenters. The first kappa shape index (κ1) is 104. The van der Waals surface area contributed by atoms with Crippen LogP contribution in [0.1, 0.15) is 453 Å². The van der Waals surface area contributed by atoms with E-state index in [1.807, 2.05) is 0 Å². The minimum atomic E-state index is -4.97. The van der Waals surface area contributed by atoms with Crippen molar-refractivity contribution in [3.8, 4) is 0 Å². The number of aliphatic hydroxyl groups excluding tert-OH is 1. The van der Waals surface area contributed by atoms with E-state index >= 15 is 0 Å². The maximum Gasteiger partial charge on any atom is 0.472 e. The van der Waals surface area contributed by atoms with Crippen molar-refractivity contribution in [2.45, 2.75) is 472 Å². The number of hydrogen-bond acceptors (Lipinski definition) is 15. The summed E-state index contributed by atoms with van der Waals surface area (Å²) in [5.74, 6) is 1.06. The number of phosphoric acid groups is 2. The normalized spacial score (nSPS) is 14.2. The van der Waals surface area contributed by atoms with Crippen LogP contribution >= 0.6 is 15.6 Å². The number of aliphatic hydroxyl groups is 1. The maximum absolute atomic E-state index is 13.1. The molecule has 0 rings (SSSR count). The third-order valence-electron chi connectivity index (χ3n) is 20.7. The molecule has 106 heavy (non-hydrogen) atoms. The van der Waals surface area contributed by atoms with Crippen LogP contribution in [0.2, 0.25) is 0 Å². The second-order valence-corrected chi connectivity index (χ2v) is 35.9. The monoisotopic (exact) mass is 1550 g/mol. The zero-order valence-corrected chi connectivity index (χ0v) is 71.9. The van der Waals surface area contributed by atoms with Crippen LogP contribution in [0.4, 0.5) is 0 Å². The van der Waals surface area contributed by atoms with Gasteiger partial charge in [-0.25, -0.2) is 9.13 Å². The number of ether oxygens (including phenoxy) is 4. The number of carbonyl (C=O) groups is 4. The van der Waals surface area contributed by atoms with E-state index in [-0.39, 0.29) is 25.7 Å². The van der Waals surface area contributed by atoms with E-state index in [0.29, 0.717) is 31.6 Å². The second kappa shape index (κ2) is 75.7. The fourth-order valence-electron chi connectivity index (χ4n) is 13.5. The molecule has 0 saturated carbocycles. The Morgan fingerprint density at radius 3 is 0.670 bits per heavy atom. The Bertz CT molecular complexity index is 2060. The number of rotatable bonds is 84. The van der Waals surface area contributed by atoms with Crippen molar-refractivity contribution in [1.82, 2.24) is 0 Å². The highest BCUT2D eigenvalue weighted by Gasteiger charge is 2.31. The Labute approximate surface area is 651 Å². The summed E-state index contributed by atoms with van der Waals surface area (Å²) in [4.78, 5) is 73.2. The molecule has 0 radical (unpaired) electrons. The molecule has 0 spiro atoms. The van der Waals surface area contributed by atoms with Crippen LogP contribution in [0.25, 0.3) is 0 Å². The van der Waals surface area contributed by atoms with Gasteiger partial charge in [-0.05, 0) is 49.4 Å². The molecule has 0 saturated heterocycles. The van der Waals surface area contributed by atoms with Crippen molar-refractivity contribution in [2.24, 2.45) is 23.7 Å². The summed E-state index contributed by atoms with van der Waals surface area (Å²) in [5, 5.41) is 10.7. The summed E-state index contributed by atoms with van der Waals surface area (Å²) >= 11 is 0. The minimum Gasteiger partial charge on any atom is -0.462 e. The van der Waals surface area contributed by atoms with Crippen LogP contribution < -0.4 is 0 Å². The highest BCUT2D eigenvalue weighted by Crippen LogP contribution is 2.45. The van der Waals surface area contributed by atoms with Crippen molar-refractivity contribution >= 4 is 39.5 Å². The van der Waals surface area contributed by atoms with Crippen molar-refractivity contribution in [3.63, 3.8) is 0 Å². The van der Waals surface area contributed by atoms with E-state index in [1.165, 1.54) is 250 Å². The predicted octanol–water partition coefficient (Wildman–Crippen LogP) is 26.3. The lowest BCUT2D eigenvalue weighted by atomic mass is 9.99. The Balaban J connectivity index is 5.20. The molecular formula is C87H170O17P2. The van der Waals surface area contributed by atoms with E-state index in [9.17, 15) is 43.2 Å². The van der Waals surface area contributed by atoms with Gasteiger partial charge in [0.15, 0.2) is 12.2 Å². The van der Waals surface area contributed by atoms with Crippen molar-refractivity contribution < 1.29 is 80.2 Å². The van der Waals surface area contributed by atoms with Gasteiger partial charge in [0, 0.05) is 25.7 Å². The van der Waals surface area contributed by atoms with Crippen LogP contribution in [0.5, 0.6) is 0 Å². The highest BCUT2D eigenvalue weighted by atomic mass is 31.2. The molecule has 0 fully saturated rings. The zero-order valence-electron chi connectivity index (χ0n) is 70.1. The number of hydrogen-bond donors (Lipinski definition) is 3. The number of unbranched alkanes of at least 4 members (excludes halogenated alkanes) is 49. The van der Waals surface area contributed by atoms with E-state index in [2.05, 4.69) is 55.4 Å². The molecule has 0 aromatic carbocycles. The second-order valence-electron chi connectivity index (χ2n) is 33.0. The van der Waals surface area contributed by atoms with Crippen molar-refractivity contribution in [1.29, 1.82) is 0 Å². The van der Waals surface area contributed by atoms with E-state index in [4.69, 9.17) is 37.0 Å². The Hall–Kier alpha value is -1.94. The summed E-state index contributed by atoms with van der Waals surface area (Å²) < 4.78 is 68.9. The molecule has 0 amide bonds. The van der Waals surface area contributed by atoms with Crippen LogP contribution in [-0.2, 0) is 65.4 Å². The quantitative estimate of drug-likeness (QED) is 0.0222. The van der Waals surface area contributed by atoms with E-state index in [1.54, 1.807) is 0 Å². The Morgan fingerprint density at radius 2 is 0.453 bits per heavy atom. The molecule has 0 bridgehead atoms. The first-order chi connectivity index (χ1) is 51.1. The molecule has 0 aliphatic heterocycles. The van der Waals surface area contributed by atoms with Gasteiger partial charge in [-0.1, -0.05) is 402 Å². The molecule has 0 aromatic heterocycles. The summed E-state index contributed by atoms with van der Waals surface area (Å²) in [6.45, 7) is 14.3. The fourth-order valence-corrected chi connectivity index (χ4v) is 15.0. The van der Waals surface area contributed by atoms with Crippen molar-refractivity contribution in [3.05, 3.63) is 0 Å². The SMILES string of the molecule is CCC(C)CCCCCCCCCCCCCCCCCCCCC(=O)O[C@H](COC(=O)CCCCCCCCCC(C)C)COP(=O)(O)OCC(O)COP(=O)(O)OC[C@@H](COC(=O)CCCCCCCCCCCCCCCCCC(C)C)OC(=O)CCCCCCCCCCCCCCCC(C)C. The van der Waals surface area contributed by atoms with Gasteiger partial charge in [0.05, 0.1) is 26.4 Å². The van der Waals surface area contributed by atoms with Gasteiger partial charge < -0.3 is 33.8 Å². The molecule has 0 heterocycles. The Morgan fingerprint density at radius 1 is 0.264 bits per heavy atom. The van der Waals surface area contributed by atoms with E-state index < -0.39 is 97.5 Å². The summed E-state index contributed by atoms with van der Waals surface area (Å²) in [6.07, 6.45) is 65.3. The van der Waals surface area contributed by atoms with Gasteiger partial charge in [0.2, 0.25) is 0 Å². The molecule has 3 N–H and O–H groups in total. The molecular weight excluding hydrogens is 1380 g/mol. The molecule has 17 nitrogen and oxygen atoms in total. The number of esters is 4.